The van der Waals surface area contributed by atoms with Gasteiger partial charge in [-0.2, -0.15) is 18.3 Å². The summed E-state index contributed by atoms with van der Waals surface area (Å²) in [7, 11) is 0. The average Bonchev–Trinajstić information content (AvgIpc) is 3.48. The summed E-state index contributed by atoms with van der Waals surface area (Å²) in [6.45, 7) is 0.405. The molecule has 0 radical (unpaired) electrons. The minimum absolute atomic E-state index is 0.0400. The quantitative estimate of drug-likeness (QED) is 0.192. The predicted octanol–water partition coefficient (Wildman–Crippen LogP) is 7.50. The first-order chi connectivity index (χ1) is 16.8. The molecule has 1 fully saturated rings. The van der Waals surface area contributed by atoms with Gasteiger partial charge in [-0.1, -0.05) is 41.7 Å². The van der Waals surface area contributed by atoms with Gasteiger partial charge in [-0.3, -0.25) is 0 Å². The van der Waals surface area contributed by atoms with E-state index in [4.69, 9.17) is 4.74 Å². The Morgan fingerprint density at radius 3 is 2.57 bits per heavy atom. The van der Waals surface area contributed by atoms with E-state index >= 15 is 0 Å². The van der Waals surface area contributed by atoms with E-state index in [1.165, 1.54) is 16.4 Å². The van der Waals surface area contributed by atoms with Crippen molar-refractivity contribution in [1.29, 1.82) is 0 Å². The number of rotatable bonds is 6. The van der Waals surface area contributed by atoms with Crippen LogP contribution in [0.4, 0.5) is 22.0 Å². The molecular formula is C23H19F5N4OS2. The van der Waals surface area contributed by atoms with Gasteiger partial charge in [-0.05, 0) is 37.0 Å². The molecular weight excluding hydrogens is 507 g/mol. The van der Waals surface area contributed by atoms with E-state index in [0.29, 0.717) is 35.0 Å². The molecule has 0 N–H and O–H groups in total. The lowest BCUT2D eigenvalue weighted by molar-refractivity contribution is -0.137. The molecule has 5 rings (SSSR count). The molecule has 1 saturated heterocycles. The number of ether oxygens (including phenoxy) is 1. The zero-order valence-corrected chi connectivity index (χ0v) is 19.8. The van der Waals surface area contributed by atoms with Crippen LogP contribution < -0.4 is 0 Å². The van der Waals surface area contributed by atoms with Crippen molar-refractivity contribution in [3.05, 3.63) is 58.6 Å². The van der Waals surface area contributed by atoms with Crippen molar-refractivity contribution in [2.75, 3.05) is 6.61 Å². The Hall–Kier alpha value is -2.57. The number of hydrogen-bond donors (Lipinski definition) is 0. The summed E-state index contributed by atoms with van der Waals surface area (Å²) in [5, 5.41) is 11.5. The van der Waals surface area contributed by atoms with E-state index in [1.54, 1.807) is 6.07 Å². The largest absolute Gasteiger partial charge is 0.418 e. The first-order valence-electron chi connectivity index (χ1n) is 10.8. The second kappa shape index (κ2) is 9.82. The highest BCUT2D eigenvalue weighted by molar-refractivity contribution is 7.98. The predicted molar refractivity (Wildman–Crippen MR) is 123 cm³/mol. The van der Waals surface area contributed by atoms with E-state index in [-0.39, 0.29) is 21.6 Å². The van der Waals surface area contributed by atoms with E-state index in [9.17, 15) is 22.0 Å². The third kappa shape index (κ3) is 5.05. The molecule has 12 heteroatoms. The SMILES string of the molecule is FC(F)c1nnc(-c2nn(C3CCCCO3)c3c(C(F)(F)F)cc(SCc4ccccc4)cc23)s1. The van der Waals surface area contributed by atoms with Crippen LogP contribution in [-0.4, -0.2) is 26.6 Å². The number of benzene rings is 2. The van der Waals surface area contributed by atoms with Crippen molar-refractivity contribution in [2.24, 2.45) is 0 Å². The van der Waals surface area contributed by atoms with E-state index in [2.05, 4.69) is 15.3 Å². The molecule has 1 aliphatic heterocycles. The number of fused-ring (bicyclic) bond motifs is 1. The fourth-order valence-electron chi connectivity index (χ4n) is 3.99. The summed E-state index contributed by atoms with van der Waals surface area (Å²) in [6.07, 6.45) is -6.10. The van der Waals surface area contributed by atoms with E-state index in [0.717, 1.165) is 24.5 Å². The summed E-state index contributed by atoms with van der Waals surface area (Å²) in [4.78, 5) is 0.387. The minimum atomic E-state index is -4.67. The zero-order valence-electron chi connectivity index (χ0n) is 18.1. The third-order valence-electron chi connectivity index (χ3n) is 5.59. The maximum atomic E-state index is 14.3. The maximum absolute atomic E-state index is 14.3. The van der Waals surface area contributed by atoms with E-state index < -0.39 is 29.4 Å². The highest BCUT2D eigenvalue weighted by atomic mass is 32.2. The molecule has 0 saturated carbocycles. The molecule has 1 atom stereocenters. The van der Waals surface area contributed by atoms with Crippen LogP contribution in [0.1, 0.15) is 48.1 Å². The average molecular weight is 527 g/mol. The Bertz CT molecular complexity index is 1320. The lowest BCUT2D eigenvalue weighted by Gasteiger charge is -2.24. The molecule has 184 valence electrons. The van der Waals surface area contributed by atoms with Gasteiger partial charge in [-0.15, -0.1) is 22.0 Å². The van der Waals surface area contributed by atoms with Crippen LogP contribution in [0, 0.1) is 0 Å². The Labute approximate surface area is 205 Å². The summed E-state index contributed by atoms with van der Waals surface area (Å²) in [5.41, 5.74) is 0.0592. The Kier molecular flexibility index (Phi) is 6.78. The molecule has 2 aromatic heterocycles. The normalized spacial score (nSPS) is 16.9. The van der Waals surface area contributed by atoms with Crippen LogP contribution >= 0.6 is 23.1 Å². The molecule has 0 bridgehead atoms. The van der Waals surface area contributed by atoms with Gasteiger partial charge < -0.3 is 4.74 Å². The van der Waals surface area contributed by atoms with Crippen molar-refractivity contribution in [3.8, 4) is 10.7 Å². The molecule has 4 aromatic rings. The fourth-order valence-corrected chi connectivity index (χ4v) is 5.61. The minimum Gasteiger partial charge on any atom is -0.356 e. The number of thioether (sulfide) groups is 1. The third-order valence-corrected chi connectivity index (χ3v) is 7.57. The van der Waals surface area contributed by atoms with Crippen molar-refractivity contribution < 1.29 is 26.7 Å². The van der Waals surface area contributed by atoms with Gasteiger partial charge in [0.05, 0.1) is 11.1 Å². The molecule has 1 aliphatic rings. The maximum Gasteiger partial charge on any atom is 0.418 e. The molecule has 35 heavy (non-hydrogen) atoms. The number of hydrogen-bond acceptors (Lipinski definition) is 6. The van der Waals surface area contributed by atoms with Crippen LogP contribution in [0.15, 0.2) is 47.4 Å². The molecule has 1 unspecified atom stereocenters. The zero-order chi connectivity index (χ0) is 24.6. The second-order valence-corrected chi connectivity index (χ2v) is 10.1. The summed E-state index contributed by atoms with van der Waals surface area (Å²) >= 11 is 1.88. The van der Waals surface area contributed by atoms with Crippen molar-refractivity contribution >= 4 is 34.0 Å². The van der Waals surface area contributed by atoms with Gasteiger partial charge in [-0.25, -0.2) is 13.5 Å². The number of nitrogens with zero attached hydrogens (tertiary/aromatic N) is 4. The smallest absolute Gasteiger partial charge is 0.356 e. The van der Waals surface area contributed by atoms with E-state index in [1.807, 2.05) is 30.3 Å². The number of alkyl halides is 5. The summed E-state index contributed by atoms with van der Waals surface area (Å²) < 4.78 is 76.2. The summed E-state index contributed by atoms with van der Waals surface area (Å²) in [6, 6.07) is 12.1. The van der Waals surface area contributed by atoms with Crippen molar-refractivity contribution in [1.82, 2.24) is 20.0 Å². The highest BCUT2D eigenvalue weighted by Gasteiger charge is 2.37. The fraction of sp³-hybridized carbons (Fsp3) is 0.348. The lowest BCUT2D eigenvalue weighted by atomic mass is 10.1. The Morgan fingerprint density at radius 2 is 1.91 bits per heavy atom. The number of halogens is 5. The number of aromatic nitrogens is 4. The van der Waals surface area contributed by atoms with Crippen molar-refractivity contribution in [2.45, 2.75) is 48.7 Å². The van der Waals surface area contributed by atoms with Crippen LogP contribution in [0.25, 0.3) is 21.6 Å². The van der Waals surface area contributed by atoms with Crippen LogP contribution in [0.3, 0.4) is 0 Å². The lowest BCUT2D eigenvalue weighted by Crippen LogP contribution is -2.20. The van der Waals surface area contributed by atoms with Gasteiger partial charge in [0.15, 0.2) is 16.2 Å². The monoisotopic (exact) mass is 526 g/mol. The summed E-state index contributed by atoms with van der Waals surface area (Å²) in [5.74, 6) is 0.465. The second-order valence-electron chi connectivity index (χ2n) is 8.00. The van der Waals surface area contributed by atoms with Gasteiger partial charge >= 0.3 is 6.18 Å². The first-order valence-corrected chi connectivity index (χ1v) is 12.6. The first kappa shape index (κ1) is 24.1. The molecule has 0 aliphatic carbocycles. The Balaban J connectivity index is 1.68. The van der Waals surface area contributed by atoms with Crippen LogP contribution in [0.2, 0.25) is 0 Å². The van der Waals surface area contributed by atoms with Gasteiger partial charge in [0, 0.05) is 22.6 Å². The van der Waals surface area contributed by atoms with Crippen LogP contribution in [0.5, 0.6) is 0 Å². The molecule has 2 aromatic carbocycles. The van der Waals surface area contributed by atoms with Crippen molar-refractivity contribution in [3.63, 3.8) is 0 Å². The van der Waals surface area contributed by atoms with Gasteiger partial charge in [0.25, 0.3) is 6.43 Å². The van der Waals surface area contributed by atoms with Crippen LogP contribution in [-0.2, 0) is 16.7 Å². The van der Waals surface area contributed by atoms with Gasteiger partial charge in [0.2, 0.25) is 0 Å². The Morgan fingerprint density at radius 1 is 1.11 bits per heavy atom. The molecule has 0 amide bonds. The standard InChI is InChI=1S/C23H19F5N4OS2/c24-20(25)22-30-29-21(35-22)18-15-10-14(34-12-13-6-2-1-3-7-13)11-16(23(26,27)28)19(15)32(31-18)17-8-4-5-9-33-17/h1-3,6-7,10-11,17,20H,4-5,8-9,12H2. The van der Waals surface area contributed by atoms with Gasteiger partial charge in [0.1, 0.15) is 5.69 Å². The molecule has 5 nitrogen and oxygen atoms in total. The molecule has 3 heterocycles. The topological polar surface area (TPSA) is 52.8 Å². The highest BCUT2D eigenvalue weighted by Crippen LogP contribution is 2.44. The molecule has 0 spiro atoms.